The molecule has 24 heavy (non-hydrogen) atoms. The fourth-order valence-corrected chi connectivity index (χ4v) is 1.95. The minimum atomic E-state index is -0.558. The molecule has 1 aromatic heterocycles. The number of hydrogen-bond acceptors (Lipinski definition) is 7. The average Bonchev–Trinajstić information content (AvgIpc) is 2.61. The minimum absolute atomic E-state index is 0.296. The third kappa shape index (κ3) is 4.73. The van der Waals surface area contributed by atoms with Crippen LogP contribution in [0.25, 0.3) is 0 Å². The molecule has 0 aliphatic rings. The Morgan fingerprint density at radius 3 is 2.38 bits per heavy atom. The zero-order valence-corrected chi connectivity index (χ0v) is 13.8. The summed E-state index contributed by atoms with van der Waals surface area (Å²) in [6.07, 6.45) is -0.558. The van der Waals surface area contributed by atoms with Crippen LogP contribution in [0.4, 0.5) is 16.4 Å². The maximum atomic E-state index is 11.3. The second-order valence-electron chi connectivity index (χ2n) is 4.69. The average molecular weight is 332 g/mol. The molecule has 2 rings (SSSR count). The lowest BCUT2D eigenvalue weighted by atomic mass is 10.2. The summed E-state index contributed by atoms with van der Waals surface area (Å²) in [6, 6.07) is 9.01. The van der Waals surface area contributed by atoms with Crippen molar-refractivity contribution in [2.24, 2.45) is 0 Å². The van der Waals surface area contributed by atoms with Crippen LogP contribution in [0.15, 0.2) is 30.3 Å². The van der Waals surface area contributed by atoms with Gasteiger partial charge >= 0.3 is 6.09 Å². The van der Waals surface area contributed by atoms with Gasteiger partial charge in [0.15, 0.2) is 17.3 Å². The predicted molar refractivity (Wildman–Crippen MR) is 89.5 cm³/mol. The molecular formula is C16H20N4O4. The Morgan fingerprint density at radius 2 is 1.75 bits per heavy atom. The van der Waals surface area contributed by atoms with Gasteiger partial charge in [0.05, 0.1) is 20.8 Å². The van der Waals surface area contributed by atoms with Crippen LogP contribution in [0.3, 0.4) is 0 Å². The lowest BCUT2D eigenvalue weighted by Crippen LogP contribution is -2.14. The van der Waals surface area contributed by atoms with Crippen LogP contribution in [0.2, 0.25) is 0 Å². The molecule has 2 aromatic rings. The quantitative estimate of drug-likeness (QED) is 0.805. The van der Waals surface area contributed by atoms with Crippen LogP contribution in [0, 0.1) is 0 Å². The van der Waals surface area contributed by atoms with Crippen LogP contribution in [0.5, 0.6) is 11.5 Å². The van der Waals surface area contributed by atoms with Gasteiger partial charge in [0.1, 0.15) is 5.82 Å². The zero-order chi connectivity index (χ0) is 17.4. The van der Waals surface area contributed by atoms with Crippen molar-refractivity contribution in [3.63, 3.8) is 0 Å². The number of carbonyl (C=O) groups excluding carboxylic acids is 1. The van der Waals surface area contributed by atoms with Crippen molar-refractivity contribution in [2.45, 2.75) is 13.5 Å². The first-order chi connectivity index (χ1) is 11.7. The summed E-state index contributed by atoms with van der Waals surface area (Å²) in [7, 11) is 3.19. The summed E-state index contributed by atoms with van der Waals surface area (Å²) < 4.78 is 15.2. The van der Waals surface area contributed by atoms with Gasteiger partial charge in [-0.3, -0.25) is 5.32 Å². The van der Waals surface area contributed by atoms with Gasteiger partial charge in [0.25, 0.3) is 0 Å². The van der Waals surface area contributed by atoms with Crippen molar-refractivity contribution in [3.05, 3.63) is 35.9 Å². The van der Waals surface area contributed by atoms with E-state index in [2.05, 4.69) is 20.8 Å². The van der Waals surface area contributed by atoms with Crippen molar-refractivity contribution < 1.29 is 19.0 Å². The highest BCUT2D eigenvalue weighted by Crippen LogP contribution is 2.27. The van der Waals surface area contributed by atoms with E-state index in [1.165, 1.54) is 0 Å². The predicted octanol–water partition coefficient (Wildman–Crippen LogP) is 2.67. The van der Waals surface area contributed by atoms with E-state index in [0.29, 0.717) is 36.3 Å². The van der Waals surface area contributed by atoms with Gasteiger partial charge in [-0.1, -0.05) is 6.07 Å². The monoisotopic (exact) mass is 332 g/mol. The number of hydrogen-bond donors (Lipinski definition) is 2. The number of aromatic nitrogens is 2. The molecule has 1 heterocycles. The van der Waals surface area contributed by atoms with Gasteiger partial charge in [0, 0.05) is 6.54 Å². The molecular weight excluding hydrogens is 312 g/mol. The number of methoxy groups -OCH3 is 2. The van der Waals surface area contributed by atoms with Crippen molar-refractivity contribution in [1.29, 1.82) is 0 Å². The molecule has 0 unspecified atom stereocenters. The summed E-state index contributed by atoms with van der Waals surface area (Å²) in [5.41, 5.74) is 1.00. The third-order valence-electron chi connectivity index (χ3n) is 3.09. The van der Waals surface area contributed by atoms with E-state index in [0.717, 1.165) is 5.56 Å². The molecule has 0 aliphatic heterocycles. The van der Waals surface area contributed by atoms with Gasteiger partial charge in [-0.05, 0) is 36.8 Å². The topological polar surface area (TPSA) is 94.6 Å². The largest absolute Gasteiger partial charge is 0.493 e. The number of nitrogens with zero attached hydrogens (tertiary/aromatic N) is 2. The van der Waals surface area contributed by atoms with E-state index in [9.17, 15) is 4.79 Å². The van der Waals surface area contributed by atoms with Crippen molar-refractivity contribution in [3.8, 4) is 11.5 Å². The van der Waals surface area contributed by atoms with Gasteiger partial charge in [-0.25, -0.2) is 4.79 Å². The summed E-state index contributed by atoms with van der Waals surface area (Å²) in [5.74, 6) is 2.25. The highest BCUT2D eigenvalue weighted by Gasteiger charge is 2.06. The van der Waals surface area contributed by atoms with Crippen LogP contribution < -0.4 is 20.1 Å². The normalized spacial score (nSPS) is 9.96. The molecule has 0 radical (unpaired) electrons. The van der Waals surface area contributed by atoms with Gasteiger partial charge in [0.2, 0.25) is 0 Å². The number of anilines is 2. The fraction of sp³-hybridized carbons (Fsp3) is 0.312. The standard InChI is InChI=1S/C16H20N4O4/c1-4-24-16(21)18-15-8-7-14(19-20-15)17-10-11-5-6-12(22-2)13(9-11)23-3/h5-9H,4,10H2,1-3H3,(H,17,19)(H,18,20,21). The maximum absolute atomic E-state index is 11.3. The van der Waals surface area contributed by atoms with E-state index in [4.69, 9.17) is 14.2 Å². The second kappa shape index (κ2) is 8.56. The molecule has 0 saturated heterocycles. The summed E-state index contributed by atoms with van der Waals surface area (Å²) >= 11 is 0. The lowest BCUT2D eigenvalue weighted by molar-refractivity contribution is 0.168. The second-order valence-corrected chi connectivity index (χ2v) is 4.69. The van der Waals surface area contributed by atoms with Crippen molar-refractivity contribution >= 4 is 17.7 Å². The number of ether oxygens (including phenoxy) is 3. The number of carbonyl (C=O) groups is 1. The maximum Gasteiger partial charge on any atom is 0.412 e. The Labute approximate surface area is 140 Å². The Kier molecular flexibility index (Phi) is 6.18. The van der Waals surface area contributed by atoms with E-state index in [-0.39, 0.29) is 0 Å². The Balaban J connectivity index is 1.93. The van der Waals surface area contributed by atoms with Crippen molar-refractivity contribution in [2.75, 3.05) is 31.5 Å². The first kappa shape index (κ1) is 17.3. The molecule has 0 spiro atoms. The Hall–Kier alpha value is -3.03. The SMILES string of the molecule is CCOC(=O)Nc1ccc(NCc2ccc(OC)c(OC)c2)nn1. The number of rotatable bonds is 7. The van der Waals surface area contributed by atoms with Crippen LogP contribution in [-0.2, 0) is 11.3 Å². The number of nitrogens with one attached hydrogen (secondary N) is 2. The van der Waals surface area contributed by atoms with E-state index in [1.807, 2.05) is 18.2 Å². The highest BCUT2D eigenvalue weighted by atomic mass is 16.5. The molecule has 8 heteroatoms. The molecule has 0 fully saturated rings. The Bertz CT molecular complexity index is 676. The number of amides is 1. The zero-order valence-electron chi connectivity index (χ0n) is 13.8. The van der Waals surface area contributed by atoms with Crippen LogP contribution in [-0.4, -0.2) is 37.1 Å². The third-order valence-corrected chi connectivity index (χ3v) is 3.09. The van der Waals surface area contributed by atoms with E-state index in [1.54, 1.807) is 33.3 Å². The summed E-state index contributed by atoms with van der Waals surface area (Å²) in [6.45, 7) is 2.57. The Morgan fingerprint density at radius 1 is 1.04 bits per heavy atom. The lowest BCUT2D eigenvalue weighted by Gasteiger charge is -2.10. The first-order valence-corrected chi connectivity index (χ1v) is 7.38. The van der Waals surface area contributed by atoms with Gasteiger partial charge in [-0.2, -0.15) is 0 Å². The smallest absolute Gasteiger partial charge is 0.412 e. The summed E-state index contributed by atoms with van der Waals surface area (Å²) in [5, 5.41) is 13.5. The summed E-state index contributed by atoms with van der Waals surface area (Å²) in [4.78, 5) is 11.3. The number of benzene rings is 1. The van der Waals surface area contributed by atoms with Gasteiger partial charge in [-0.15, -0.1) is 10.2 Å². The van der Waals surface area contributed by atoms with Gasteiger partial charge < -0.3 is 19.5 Å². The first-order valence-electron chi connectivity index (χ1n) is 7.38. The highest BCUT2D eigenvalue weighted by molar-refractivity contribution is 5.83. The van der Waals surface area contributed by atoms with Crippen molar-refractivity contribution in [1.82, 2.24) is 10.2 Å². The molecule has 0 aliphatic carbocycles. The molecule has 2 N–H and O–H groups in total. The van der Waals surface area contributed by atoms with E-state index < -0.39 is 6.09 Å². The molecule has 0 atom stereocenters. The molecule has 128 valence electrons. The molecule has 8 nitrogen and oxygen atoms in total. The van der Waals surface area contributed by atoms with E-state index >= 15 is 0 Å². The van der Waals surface area contributed by atoms with Crippen LogP contribution >= 0.6 is 0 Å². The fourth-order valence-electron chi connectivity index (χ4n) is 1.95. The molecule has 0 saturated carbocycles. The minimum Gasteiger partial charge on any atom is -0.493 e. The molecule has 1 aromatic carbocycles. The molecule has 0 bridgehead atoms. The van der Waals surface area contributed by atoms with Crippen LogP contribution in [0.1, 0.15) is 12.5 Å². The molecule has 1 amide bonds.